The lowest BCUT2D eigenvalue weighted by Gasteiger charge is -2.41. The maximum atomic E-state index is 10.1. The number of rotatable bonds is 0. The molecule has 0 amide bonds. The van der Waals surface area contributed by atoms with Crippen LogP contribution in [0.2, 0.25) is 0 Å². The molecule has 2 aliphatic rings. The van der Waals surface area contributed by atoms with Gasteiger partial charge in [0.25, 0.3) is 0 Å². The van der Waals surface area contributed by atoms with Gasteiger partial charge in [-0.05, 0) is 47.7 Å². The predicted octanol–water partition coefficient (Wildman–Crippen LogP) is 2.16. The first-order chi connectivity index (χ1) is 10.5. The lowest BCUT2D eigenvalue weighted by Crippen LogP contribution is -2.39. The fourth-order valence-corrected chi connectivity index (χ4v) is 3.65. The van der Waals surface area contributed by atoms with E-state index < -0.39 is 0 Å². The minimum Gasteiger partial charge on any atom is -0.504 e. The number of hydrogen-bond acceptors (Lipinski definition) is 5. The second kappa shape index (κ2) is 4.55. The molecule has 0 saturated carbocycles. The van der Waals surface area contributed by atoms with Gasteiger partial charge in [-0.3, -0.25) is 4.90 Å². The molecule has 2 heterocycles. The van der Waals surface area contributed by atoms with Gasteiger partial charge < -0.3 is 20.4 Å². The molecule has 0 spiro atoms. The van der Waals surface area contributed by atoms with Crippen molar-refractivity contribution in [3.8, 4) is 23.0 Å². The fourth-order valence-electron chi connectivity index (χ4n) is 3.65. The van der Waals surface area contributed by atoms with Crippen LogP contribution in [0.1, 0.15) is 28.3 Å². The number of benzene rings is 2. The zero-order valence-electron chi connectivity index (χ0n) is 12.0. The summed E-state index contributed by atoms with van der Waals surface area (Å²) in [6.45, 7) is 1.39. The first-order valence-electron chi connectivity index (χ1n) is 7.36. The van der Waals surface area contributed by atoms with Crippen LogP contribution in [-0.4, -0.2) is 31.9 Å². The SMILES string of the molecule is Oc1cc2c(cc1O)[C@@H]1Cc3ccc(O)c(O)c3CN1CC2. The Labute approximate surface area is 127 Å². The van der Waals surface area contributed by atoms with Gasteiger partial charge in [0.2, 0.25) is 0 Å². The fraction of sp³-hybridized carbons (Fsp3) is 0.294. The Hall–Kier alpha value is -2.40. The Morgan fingerprint density at radius 1 is 0.909 bits per heavy atom. The highest BCUT2D eigenvalue weighted by atomic mass is 16.3. The summed E-state index contributed by atoms with van der Waals surface area (Å²) < 4.78 is 0. The Morgan fingerprint density at radius 3 is 2.50 bits per heavy atom. The molecule has 1 atom stereocenters. The number of aromatic hydroxyl groups is 4. The van der Waals surface area contributed by atoms with Gasteiger partial charge in [-0.1, -0.05) is 6.07 Å². The highest BCUT2D eigenvalue weighted by Gasteiger charge is 2.34. The molecule has 0 aromatic heterocycles. The van der Waals surface area contributed by atoms with Crippen LogP contribution in [0.15, 0.2) is 24.3 Å². The molecular formula is C17H17NO4. The average Bonchev–Trinajstić information content (AvgIpc) is 2.51. The van der Waals surface area contributed by atoms with Crippen LogP contribution >= 0.6 is 0 Å². The van der Waals surface area contributed by atoms with E-state index in [2.05, 4.69) is 4.90 Å². The van der Waals surface area contributed by atoms with Crippen molar-refractivity contribution in [2.75, 3.05) is 6.54 Å². The van der Waals surface area contributed by atoms with Crippen molar-refractivity contribution in [3.63, 3.8) is 0 Å². The summed E-state index contributed by atoms with van der Waals surface area (Å²) in [6.07, 6.45) is 1.50. The van der Waals surface area contributed by atoms with Crippen molar-refractivity contribution in [3.05, 3.63) is 46.5 Å². The van der Waals surface area contributed by atoms with Crippen molar-refractivity contribution in [1.29, 1.82) is 0 Å². The molecule has 4 N–H and O–H groups in total. The summed E-state index contributed by atoms with van der Waals surface area (Å²) in [6, 6.07) is 6.77. The molecule has 114 valence electrons. The van der Waals surface area contributed by atoms with Gasteiger partial charge in [0.1, 0.15) is 0 Å². The van der Waals surface area contributed by atoms with E-state index in [0.717, 1.165) is 35.2 Å². The third-order valence-electron chi connectivity index (χ3n) is 4.84. The van der Waals surface area contributed by atoms with Crippen molar-refractivity contribution >= 4 is 0 Å². The van der Waals surface area contributed by atoms with Crippen molar-refractivity contribution in [2.45, 2.75) is 25.4 Å². The quantitative estimate of drug-likeness (QED) is 0.560. The third kappa shape index (κ3) is 1.82. The van der Waals surface area contributed by atoms with E-state index >= 15 is 0 Å². The molecule has 0 bridgehead atoms. The molecule has 0 radical (unpaired) electrons. The summed E-state index contributed by atoms with van der Waals surface area (Å²) in [5, 5.41) is 39.2. The molecule has 2 aromatic carbocycles. The van der Waals surface area contributed by atoms with Gasteiger partial charge in [-0.2, -0.15) is 0 Å². The number of nitrogens with zero attached hydrogens (tertiary/aromatic N) is 1. The first-order valence-corrected chi connectivity index (χ1v) is 7.36. The van der Waals surface area contributed by atoms with Gasteiger partial charge in [-0.15, -0.1) is 0 Å². The zero-order valence-corrected chi connectivity index (χ0v) is 12.0. The first kappa shape index (κ1) is 13.3. The molecule has 2 aliphatic heterocycles. The molecule has 2 aromatic rings. The molecular weight excluding hydrogens is 282 g/mol. The normalized spacial score (nSPS) is 20.1. The highest BCUT2D eigenvalue weighted by molar-refractivity contribution is 5.53. The minimum absolute atomic E-state index is 0.0321. The van der Waals surface area contributed by atoms with Crippen molar-refractivity contribution in [1.82, 2.24) is 4.90 Å². The van der Waals surface area contributed by atoms with E-state index in [4.69, 9.17) is 0 Å². The molecule has 22 heavy (non-hydrogen) atoms. The Kier molecular flexibility index (Phi) is 2.74. The van der Waals surface area contributed by atoms with E-state index in [-0.39, 0.29) is 29.0 Å². The third-order valence-corrected chi connectivity index (χ3v) is 4.84. The van der Waals surface area contributed by atoms with Gasteiger partial charge in [0, 0.05) is 24.7 Å². The van der Waals surface area contributed by atoms with Gasteiger partial charge in [-0.25, -0.2) is 0 Å². The van der Waals surface area contributed by atoms with Crippen LogP contribution in [0.25, 0.3) is 0 Å². The van der Waals surface area contributed by atoms with Gasteiger partial charge >= 0.3 is 0 Å². The van der Waals surface area contributed by atoms with Gasteiger partial charge in [0.15, 0.2) is 23.0 Å². The Balaban J connectivity index is 1.80. The highest BCUT2D eigenvalue weighted by Crippen LogP contribution is 2.44. The van der Waals surface area contributed by atoms with Crippen LogP contribution in [0.3, 0.4) is 0 Å². The monoisotopic (exact) mass is 299 g/mol. The Morgan fingerprint density at radius 2 is 1.68 bits per heavy atom. The van der Waals surface area contributed by atoms with E-state index in [0.29, 0.717) is 13.0 Å². The summed E-state index contributed by atoms with van der Waals surface area (Å²) in [5.41, 5.74) is 3.88. The number of phenols is 4. The van der Waals surface area contributed by atoms with Crippen molar-refractivity contribution in [2.24, 2.45) is 0 Å². The summed E-state index contributed by atoms with van der Waals surface area (Å²) in [4.78, 5) is 2.24. The standard InChI is InChI=1S/C17H17NO4/c19-14-2-1-9-5-13-11-7-16(21)15(20)6-10(11)3-4-18(13)8-12(9)17(14)22/h1-2,6-7,13,19-22H,3-5,8H2/t13-/m0/s1. The van der Waals surface area contributed by atoms with Gasteiger partial charge in [0.05, 0.1) is 0 Å². The summed E-state index contributed by atoms with van der Waals surface area (Å²) in [5.74, 6) is -0.293. The molecule has 5 nitrogen and oxygen atoms in total. The smallest absolute Gasteiger partial charge is 0.162 e. The summed E-state index contributed by atoms with van der Waals surface area (Å²) >= 11 is 0. The van der Waals surface area contributed by atoms with E-state index in [1.807, 2.05) is 6.07 Å². The van der Waals surface area contributed by atoms with Crippen LogP contribution in [0.4, 0.5) is 0 Å². The van der Waals surface area contributed by atoms with Crippen LogP contribution in [0, 0.1) is 0 Å². The lowest BCUT2D eigenvalue weighted by atomic mass is 9.83. The second-order valence-corrected chi connectivity index (χ2v) is 6.05. The molecule has 0 aliphatic carbocycles. The van der Waals surface area contributed by atoms with E-state index in [1.165, 1.54) is 6.07 Å². The predicted molar refractivity (Wildman–Crippen MR) is 80.1 cm³/mol. The topological polar surface area (TPSA) is 84.2 Å². The molecule has 0 fully saturated rings. The zero-order chi connectivity index (χ0) is 15.4. The minimum atomic E-state index is -0.0973. The number of phenolic OH excluding ortho intramolecular Hbond substituents is 4. The van der Waals surface area contributed by atoms with E-state index in [9.17, 15) is 20.4 Å². The molecule has 0 unspecified atom stereocenters. The van der Waals surface area contributed by atoms with E-state index in [1.54, 1.807) is 12.1 Å². The van der Waals surface area contributed by atoms with Crippen LogP contribution in [0.5, 0.6) is 23.0 Å². The summed E-state index contributed by atoms with van der Waals surface area (Å²) in [7, 11) is 0. The van der Waals surface area contributed by atoms with Crippen molar-refractivity contribution < 1.29 is 20.4 Å². The maximum Gasteiger partial charge on any atom is 0.162 e. The Bertz CT molecular complexity index is 772. The number of hydrogen-bond donors (Lipinski definition) is 4. The maximum absolute atomic E-state index is 10.1. The lowest BCUT2D eigenvalue weighted by molar-refractivity contribution is 0.157. The number of fused-ring (bicyclic) bond motifs is 4. The molecule has 4 rings (SSSR count). The molecule has 0 saturated heterocycles. The molecule has 5 heteroatoms. The second-order valence-electron chi connectivity index (χ2n) is 6.05. The van der Waals surface area contributed by atoms with Crippen LogP contribution < -0.4 is 0 Å². The largest absolute Gasteiger partial charge is 0.504 e. The van der Waals surface area contributed by atoms with Crippen LogP contribution in [-0.2, 0) is 19.4 Å². The average molecular weight is 299 g/mol.